The Hall–Kier alpha value is -2.22. The number of nitrogens with zero attached hydrogens (tertiary/aromatic N) is 4. The molecule has 0 unspecified atom stereocenters. The maximum Gasteiger partial charge on any atom is 0.228 e. The first-order valence-electron chi connectivity index (χ1n) is 5.65. The van der Waals surface area contributed by atoms with Crippen LogP contribution in [0.2, 0.25) is 0 Å². The standard InChI is InChI=1S/C10H15N7O/c1-2-7-9(14-5-15-10(7)17-11)12-4-3-8-13-6-16-18-8/h5-6H,2-4,11H2,1H3,(H2,12,14,15,17). The lowest BCUT2D eigenvalue weighted by Gasteiger charge is -2.11. The second-order valence-corrected chi connectivity index (χ2v) is 3.56. The van der Waals surface area contributed by atoms with E-state index in [1.54, 1.807) is 0 Å². The van der Waals surface area contributed by atoms with Crippen LogP contribution in [0.1, 0.15) is 18.4 Å². The fourth-order valence-electron chi connectivity index (χ4n) is 1.62. The van der Waals surface area contributed by atoms with Crippen molar-refractivity contribution >= 4 is 11.6 Å². The fourth-order valence-corrected chi connectivity index (χ4v) is 1.62. The predicted molar refractivity (Wildman–Crippen MR) is 65.7 cm³/mol. The minimum atomic E-state index is 0.590. The van der Waals surface area contributed by atoms with Crippen molar-refractivity contribution in [2.24, 2.45) is 5.84 Å². The molecule has 0 amide bonds. The SMILES string of the molecule is CCc1c(NN)ncnc1NCCc1ncno1. The van der Waals surface area contributed by atoms with E-state index >= 15 is 0 Å². The summed E-state index contributed by atoms with van der Waals surface area (Å²) in [4.78, 5) is 12.2. The van der Waals surface area contributed by atoms with E-state index in [2.05, 4.69) is 30.9 Å². The van der Waals surface area contributed by atoms with Crippen molar-refractivity contribution in [3.63, 3.8) is 0 Å². The highest BCUT2D eigenvalue weighted by Crippen LogP contribution is 2.19. The maximum atomic E-state index is 5.40. The van der Waals surface area contributed by atoms with Gasteiger partial charge in [0.1, 0.15) is 18.0 Å². The largest absolute Gasteiger partial charge is 0.369 e. The summed E-state index contributed by atoms with van der Waals surface area (Å²) < 4.78 is 4.91. The van der Waals surface area contributed by atoms with Crippen LogP contribution in [0.25, 0.3) is 0 Å². The molecule has 18 heavy (non-hydrogen) atoms. The molecular weight excluding hydrogens is 234 g/mol. The highest BCUT2D eigenvalue weighted by atomic mass is 16.5. The number of hydrazine groups is 1. The number of nitrogens with one attached hydrogen (secondary N) is 2. The third-order valence-corrected chi connectivity index (χ3v) is 2.47. The van der Waals surface area contributed by atoms with E-state index in [0.29, 0.717) is 24.7 Å². The second kappa shape index (κ2) is 5.92. The number of nitrogen functional groups attached to an aromatic ring is 1. The number of anilines is 2. The van der Waals surface area contributed by atoms with Crippen LogP contribution >= 0.6 is 0 Å². The maximum absolute atomic E-state index is 5.40. The smallest absolute Gasteiger partial charge is 0.228 e. The van der Waals surface area contributed by atoms with Crippen LogP contribution in [0.4, 0.5) is 11.6 Å². The van der Waals surface area contributed by atoms with E-state index in [0.717, 1.165) is 17.8 Å². The first-order valence-corrected chi connectivity index (χ1v) is 5.65. The van der Waals surface area contributed by atoms with Crippen molar-refractivity contribution in [1.29, 1.82) is 0 Å². The van der Waals surface area contributed by atoms with Gasteiger partial charge in [-0.1, -0.05) is 12.1 Å². The minimum absolute atomic E-state index is 0.590. The predicted octanol–water partition coefficient (Wildman–Crippen LogP) is 0.362. The third kappa shape index (κ3) is 2.72. The molecule has 2 aromatic heterocycles. The number of hydrogen-bond acceptors (Lipinski definition) is 8. The summed E-state index contributed by atoms with van der Waals surface area (Å²) in [7, 11) is 0. The summed E-state index contributed by atoms with van der Waals surface area (Å²) in [5.41, 5.74) is 3.51. The lowest BCUT2D eigenvalue weighted by Crippen LogP contribution is -2.15. The van der Waals surface area contributed by atoms with Gasteiger partial charge in [-0.2, -0.15) is 4.98 Å². The van der Waals surface area contributed by atoms with Crippen LogP contribution in [-0.2, 0) is 12.8 Å². The van der Waals surface area contributed by atoms with Gasteiger partial charge < -0.3 is 15.3 Å². The summed E-state index contributed by atoms with van der Waals surface area (Å²) in [6.07, 6.45) is 4.26. The summed E-state index contributed by atoms with van der Waals surface area (Å²) in [5, 5.41) is 6.75. The van der Waals surface area contributed by atoms with Crippen LogP contribution in [0.15, 0.2) is 17.2 Å². The topological polar surface area (TPSA) is 115 Å². The Morgan fingerprint density at radius 1 is 1.22 bits per heavy atom. The molecule has 2 aromatic rings. The first-order chi connectivity index (χ1) is 8.85. The van der Waals surface area contributed by atoms with Gasteiger partial charge in [0.2, 0.25) is 5.89 Å². The zero-order valence-corrected chi connectivity index (χ0v) is 10.1. The molecule has 0 saturated heterocycles. The lowest BCUT2D eigenvalue weighted by atomic mass is 10.2. The molecule has 0 aromatic carbocycles. The Labute approximate surface area is 104 Å². The molecule has 8 heteroatoms. The zero-order valence-electron chi connectivity index (χ0n) is 10.1. The highest BCUT2D eigenvalue weighted by molar-refractivity contribution is 5.56. The van der Waals surface area contributed by atoms with Gasteiger partial charge in [0.05, 0.1) is 0 Å². The van der Waals surface area contributed by atoms with Crippen molar-refractivity contribution in [1.82, 2.24) is 20.1 Å². The Morgan fingerprint density at radius 3 is 2.72 bits per heavy atom. The molecule has 0 fully saturated rings. The highest BCUT2D eigenvalue weighted by Gasteiger charge is 2.08. The average molecular weight is 249 g/mol. The van der Waals surface area contributed by atoms with Crippen LogP contribution in [0.5, 0.6) is 0 Å². The molecule has 2 rings (SSSR count). The minimum Gasteiger partial charge on any atom is -0.369 e. The van der Waals surface area contributed by atoms with Crippen molar-refractivity contribution in [2.45, 2.75) is 19.8 Å². The molecule has 0 spiro atoms. The van der Waals surface area contributed by atoms with E-state index in [9.17, 15) is 0 Å². The van der Waals surface area contributed by atoms with Gasteiger partial charge in [0, 0.05) is 18.5 Å². The van der Waals surface area contributed by atoms with Gasteiger partial charge in [-0.05, 0) is 6.42 Å². The molecule has 2 heterocycles. The normalized spacial score (nSPS) is 10.3. The summed E-state index contributed by atoms with van der Waals surface area (Å²) in [6.45, 7) is 2.67. The summed E-state index contributed by atoms with van der Waals surface area (Å²) in [5.74, 6) is 7.39. The fraction of sp³-hybridized carbons (Fsp3) is 0.400. The Morgan fingerprint density at radius 2 is 2.06 bits per heavy atom. The van der Waals surface area contributed by atoms with Gasteiger partial charge in [0.15, 0.2) is 6.33 Å². The van der Waals surface area contributed by atoms with Crippen molar-refractivity contribution in [3.05, 3.63) is 24.1 Å². The first kappa shape index (κ1) is 12.2. The monoisotopic (exact) mass is 249 g/mol. The Kier molecular flexibility index (Phi) is 4.02. The molecule has 0 aliphatic rings. The molecule has 0 atom stereocenters. The van der Waals surface area contributed by atoms with E-state index in [1.807, 2.05) is 6.92 Å². The molecule has 0 saturated carbocycles. The van der Waals surface area contributed by atoms with Gasteiger partial charge in [-0.15, -0.1) is 0 Å². The zero-order chi connectivity index (χ0) is 12.8. The number of rotatable bonds is 6. The molecular formula is C10H15N7O. The van der Waals surface area contributed by atoms with Gasteiger partial charge in [-0.3, -0.25) is 0 Å². The van der Waals surface area contributed by atoms with E-state index < -0.39 is 0 Å². The Balaban J connectivity index is 2.00. The van der Waals surface area contributed by atoms with Gasteiger partial charge in [-0.25, -0.2) is 15.8 Å². The molecule has 0 radical (unpaired) electrons. The van der Waals surface area contributed by atoms with Crippen LogP contribution < -0.4 is 16.6 Å². The van der Waals surface area contributed by atoms with E-state index in [1.165, 1.54) is 12.7 Å². The second-order valence-electron chi connectivity index (χ2n) is 3.56. The summed E-state index contributed by atoms with van der Waals surface area (Å²) >= 11 is 0. The van der Waals surface area contributed by atoms with Crippen molar-refractivity contribution in [3.8, 4) is 0 Å². The third-order valence-electron chi connectivity index (χ3n) is 2.47. The summed E-state index contributed by atoms with van der Waals surface area (Å²) in [6, 6.07) is 0. The van der Waals surface area contributed by atoms with Crippen LogP contribution in [0.3, 0.4) is 0 Å². The van der Waals surface area contributed by atoms with Crippen LogP contribution in [0, 0.1) is 0 Å². The molecule has 96 valence electrons. The molecule has 0 aliphatic heterocycles. The number of hydrogen-bond donors (Lipinski definition) is 3. The van der Waals surface area contributed by atoms with E-state index in [-0.39, 0.29) is 0 Å². The van der Waals surface area contributed by atoms with Gasteiger partial charge in [0.25, 0.3) is 0 Å². The molecule has 4 N–H and O–H groups in total. The van der Waals surface area contributed by atoms with Crippen molar-refractivity contribution in [2.75, 3.05) is 17.3 Å². The number of aromatic nitrogens is 4. The van der Waals surface area contributed by atoms with E-state index in [4.69, 9.17) is 10.4 Å². The molecule has 0 bridgehead atoms. The Bertz CT molecular complexity index is 485. The lowest BCUT2D eigenvalue weighted by molar-refractivity contribution is 0.379. The molecule has 8 nitrogen and oxygen atoms in total. The average Bonchev–Trinajstić information content (AvgIpc) is 2.91. The number of nitrogens with two attached hydrogens (primary N) is 1. The van der Waals surface area contributed by atoms with Crippen LogP contribution in [-0.4, -0.2) is 26.7 Å². The quantitative estimate of drug-likeness (QED) is 0.496. The van der Waals surface area contributed by atoms with Gasteiger partial charge >= 0.3 is 0 Å². The van der Waals surface area contributed by atoms with Crippen molar-refractivity contribution < 1.29 is 4.52 Å². The molecule has 0 aliphatic carbocycles.